The third-order valence-corrected chi connectivity index (χ3v) is 3.79. The number of rotatable bonds is 7. The van der Waals surface area contributed by atoms with Gasteiger partial charge in [0.25, 0.3) is 0 Å². The molecule has 106 valence electrons. The average Bonchev–Trinajstić information content (AvgIpc) is 3.22. The molecule has 19 heavy (non-hydrogen) atoms. The second-order valence-electron chi connectivity index (χ2n) is 5.49. The van der Waals surface area contributed by atoms with Gasteiger partial charge in [0, 0.05) is 12.7 Å². The maximum Gasteiger partial charge on any atom is 0.128 e. The van der Waals surface area contributed by atoms with Gasteiger partial charge in [0.1, 0.15) is 5.82 Å². The van der Waals surface area contributed by atoms with Crippen molar-refractivity contribution in [1.29, 1.82) is 0 Å². The summed E-state index contributed by atoms with van der Waals surface area (Å²) in [5.41, 5.74) is 1.83. The lowest BCUT2D eigenvalue weighted by molar-refractivity contribution is 0.0496. The van der Waals surface area contributed by atoms with Gasteiger partial charge in [-0.2, -0.15) is 0 Å². The van der Waals surface area contributed by atoms with E-state index in [1.54, 1.807) is 13.2 Å². The van der Waals surface area contributed by atoms with Gasteiger partial charge in [0.05, 0.1) is 12.1 Å². The van der Waals surface area contributed by atoms with Crippen LogP contribution in [0.25, 0.3) is 0 Å². The molecule has 2 rings (SSSR count). The summed E-state index contributed by atoms with van der Waals surface area (Å²) in [4.78, 5) is 0. The number of aryl methyl sites for hydroxylation is 1. The van der Waals surface area contributed by atoms with E-state index in [0.717, 1.165) is 24.1 Å². The summed E-state index contributed by atoms with van der Waals surface area (Å²) in [5, 5.41) is 3.46. The van der Waals surface area contributed by atoms with Crippen LogP contribution >= 0.6 is 0 Å². The molecule has 1 aliphatic carbocycles. The molecular weight excluding hydrogens is 241 g/mol. The fraction of sp³-hybridized carbons (Fsp3) is 0.625. The highest BCUT2D eigenvalue weighted by Gasteiger charge is 2.38. The quantitative estimate of drug-likeness (QED) is 0.813. The summed E-state index contributed by atoms with van der Waals surface area (Å²) in [6.45, 7) is 5.00. The highest BCUT2D eigenvalue weighted by Crippen LogP contribution is 2.40. The van der Waals surface area contributed by atoms with Crippen LogP contribution in [-0.2, 0) is 4.74 Å². The van der Waals surface area contributed by atoms with Crippen LogP contribution < -0.4 is 5.32 Å². The Morgan fingerprint density at radius 1 is 1.42 bits per heavy atom. The van der Waals surface area contributed by atoms with E-state index in [0.29, 0.717) is 5.92 Å². The zero-order valence-corrected chi connectivity index (χ0v) is 12.1. The van der Waals surface area contributed by atoms with Crippen LogP contribution in [0.1, 0.15) is 43.4 Å². The van der Waals surface area contributed by atoms with Crippen LogP contribution in [0.2, 0.25) is 0 Å². The molecule has 0 amide bonds. The molecule has 2 unspecified atom stereocenters. The van der Waals surface area contributed by atoms with Crippen LogP contribution in [0.3, 0.4) is 0 Å². The Balaban J connectivity index is 2.26. The molecule has 0 saturated heterocycles. The zero-order valence-electron chi connectivity index (χ0n) is 12.1. The summed E-state index contributed by atoms with van der Waals surface area (Å²) < 4.78 is 19.8. The lowest BCUT2D eigenvalue weighted by atomic mass is 9.96. The van der Waals surface area contributed by atoms with Gasteiger partial charge in [-0.1, -0.05) is 24.6 Å². The molecule has 1 fully saturated rings. The summed E-state index contributed by atoms with van der Waals surface area (Å²) in [6, 6.07) is 5.27. The summed E-state index contributed by atoms with van der Waals surface area (Å²) in [6.07, 6.45) is 3.49. The number of hydrogen-bond donors (Lipinski definition) is 1. The highest BCUT2D eigenvalue weighted by molar-refractivity contribution is 5.28. The number of benzene rings is 1. The van der Waals surface area contributed by atoms with E-state index in [9.17, 15) is 4.39 Å². The van der Waals surface area contributed by atoms with Crippen LogP contribution in [0.4, 0.5) is 4.39 Å². The minimum absolute atomic E-state index is 0.0441. The standard InChI is InChI=1S/C16H24FNO/c1-4-9-18-15(16(19-3)12-6-7-12)13-10-11(2)5-8-14(13)17/h5,8,10,12,15-16,18H,4,6-7,9H2,1-3H3. The number of ether oxygens (including phenoxy) is 1. The van der Waals surface area contributed by atoms with Crippen molar-refractivity contribution in [3.8, 4) is 0 Å². The Labute approximate surface area is 115 Å². The van der Waals surface area contributed by atoms with E-state index >= 15 is 0 Å². The lowest BCUT2D eigenvalue weighted by Gasteiger charge is -2.28. The van der Waals surface area contributed by atoms with E-state index in [2.05, 4.69) is 12.2 Å². The molecule has 0 spiro atoms. The molecule has 1 saturated carbocycles. The normalized spacial score (nSPS) is 18.3. The summed E-state index contributed by atoms with van der Waals surface area (Å²) in [7, 11) is 1.73. The number of methoxy groups -OCH3 is 1. The molecule has 2 nitrogen and oxygen atoms in total. The van der Waals surface area contributed by atoms with E-state index in [4.69, 9.17) is 4.74 Å². The molecule has 1 aliphatic rings. The average molecular weight is 265 g/mol. The molecule has 1 aromatic rings. The van der Waals surface area contributed by atoms with Gasteiger partial charge in [0.15, 0.2) is 0 Å². The summed E-state index contributed by atoms with van der Waals surface area (Å²) >= 11 is 0. The fourth-order valence-electron chi connectivity index (χ4n) is 2.63. The Bertz CT molecular complexity index is 417. The molecular formula is C16H24FNO. The van der Waals surface area contributed by atoms with E-state index in [-0.39, 0.29) is 18.0 Å². The molecule has 0 aliphatic heterocycles. The molecule has 0 bridgehead atoms. The van der Waals surface area contributed by atoms with Crippen molar-refractivity contribution in [3.63, 3.8) is 0 Å². The minimum atomic E-state index is -0.137. The van der Waals surface area contributed by atoms with Crippen molar-refractivity contribution in [2.75, 3.05) is 13.7 Å². The maximum atomic E-state index is 14.1. The molecule has 2 atom stereocenters. The van der Waals surface area contributed by atoms with Gasteiger partial charge in [-0.05, 0) is 44.7 Å². The van der Waals surface area contributed by atoms with Crippen molar-refractivity contribution >= 4 is 0 Å². The van der Waals surface area contributed by atoms with Crippen LogP contribution in [-0.4, -0.2) is 19.8 Å². The topological polar surface area (TPSA) is 21.3 Å². The Hall–Kier alpha value is -0.930. The molecule has 1 aromatic carbocycles. The first-order chi connectivity index (χ1) is 9.17. The molecule has 0 aromatic heterocycles. The van der Waals surface area contributed by atoms with E-state index in [1.807, 2.05) is 19.1 Å². The first-order valence-corrected chi connectivity index (χ1v) is 7.19. The Kier molecular flexibility index (Phi) is 4.94. The van der Waals surface area contributed by atoms with Crippen molar-refractivity contribution in [3.05, 3.63) is 35.1 Å². The monoisotopic (exact) mass is 265 g/mol. The fourth-order valence-corrected chi connectivity index (χ4v) is 2.63. The number of halogens is 1. The molecule has 1 N–H and O–H groups in total. The zero-order chi connectivity index (χ0) is 13.8. The maximum absolute atomic E-state index is 14.1. The van der Waals surface area contributed by atoms with Gasteiger partial charge in [-0.3, -0.25) is 0 Å². The van der Waals surface area contributed by atoms with Crippen LogP contribution in [0.5, 0.6) is 0 Å². The largest absolute Gasteiger partial charge is 0.379 e. The van der Waals surface area contributed by atoms with Crippen LogP contribution in [0, 0.1) is 18.7 Å². The molecule has 3 heteroatoms. The number of nitrogens with one attached hydrogen (secondary N) is 1. The first kappa shape index (κ1) is 14.5. The van der Waals surface area contributed by atoms with Crippen LogP contribution in [0.15, 0.2) is 18.2 Å². The predicted octanol–water partition coefficient (Wildman–Crippen LogP) is 3.60. The van der Waals surface area contributed by atoms with Crippen molar-refractivity contribution in [1.82, 2.24) is 5.32 Å². The van der Waals surface area contributed by atoms with Gasteiger partial charge < -0.3 is 10.1 Å². The molecule has 0 radical (unpaired) electrons. The van der Waals surface area contributed by atoms with Gasteiger partial charge >= 0.3 is 0 Å². The predicted molar refractivity (Wildman–Crippen MR) is 75.7 cm³/mol. The third kappa shape index (κ3) is 3.54. The second kappa shape index (κ2) is 6.49. The third-order valence-electron chi connectivity index (χ3n) is 3.79. The van der Waals surface area contributed by atoms with Crippen molar-refractivity contribution < 1.29 is 9.13 Å². The molecule has 0 heterocycles. The first-order valence-electron chi connectivity index (χ1n) is 7.19. The van der Waals surface area contributed by atoms with Gasteiger partial charge in [-0.25, -0.2) is 4.39 Å². The van der Waals surface area contributed by atoms with Crippen molar-refractivity contribution in [2.45, 2.75) is 45.3 Å². The SMILES string of the molecule is CCCNC(c1cc(C)ccc1F)C(OC)C1CC1. The second-order valence-corrected chi connectivity index (χ2v) is 5.49. The van der Waals surface area contributed by atoms with E-state index in [1.165, 1.54) is 12.8 Å². The lowest BCUT2D eigenvalue weighted by Crippen LogP contribution is -2.36. The van der Waals surface area contributed by atoms with E-state index < -0.39 is 0 Å². The number of hydrogen-bond acceptors (Lipinski definition) is 2. The Morgan fingerprint density at radius 2 is 2.16 bits per heavy atom. The minimum Gasteiger partial charge on any atom is -0.379 e. The smallest absolute Gasteiger partial charge is 0.128 e. The summed E-state index contributed by atoms with van der Waals surface area (Å²) in [5.74, 6) is 0.432. The van der Waals surface area contributed by atoms with Gasteiger partial charge in [-0.15, -0.1) is 0 Å². The van der Waals surface area contributed by atoms with Gasteiger partial charge in [0.2, 0.25) is 0 Å². The highest BCUT2D eigenvalue weighted by atomic mass is 19.1. The van der Waals surface area contributed by atoms with Crippen molar-refractivity contribution in [2.24, 2.45) is 5.92 Å². The Morgan fingerprint density at radius 3 is 2.74 bits per heavy atom.